The van der Waals surface area contributed by atoms with Crippen molar-refractivity contribution in [1.29, 1.82) is 0 Å². The van der Waals surface area contributed by atoms with Crippen molar-refractivity contribution in [2.45, 2.75) is 6.54 Å². The first-order valence-corrected chi connectivity index (χ1v) is 5.96. The summed E-state index contributed by atoms with van der Waals surface area (Å²) in [7, 11) is 1.90. The van der Waals surface area contributed by atoms with Gasteiger partial charge in [-0.2, -0.15) is 0 Å². The topological polar surface area (TPSA) is 47.0 Å². The molecule has 0 aliphatic heterocycles. The van der Waals surface area contributed by atoms with Crippen LogP contribution in [0.4, 0.5) is 0 Å². The van der Waals surface area contributed by atoms with Crippen LogP contribution in [0.3, 0.4) is 0 Å². The smallest absolute Gasteiger partial charge is 0.236 e. The van der Waals surface area contributed by atoms with Gasteiger partial charge in [0.15, 0.2) is 0 Å². The molecule has 0 radical (unpaired) electrons. The Hall–Kier alpha value is -1.46. The Kier molecular flexibility index (Phi) is 4.06. The van der Waals surface area contributed by atoms with Gasteiger partial charge < -0.3 is 10.1 Å². The van der Waals surface area contributed by atoms with Gasteiger partial charge in [-0.05, 0) is 29.0 Å². The summed E-state index contributed by atoms with van der Waals surface area (Å²) in [5.41, 5.74) is 1.08. The molecular weight excluding hydrogens is 282 g/mol. The second-order valence-corrected chi connectivity index (χ2v) is 4.27. The van der Waals surface area contributed by atoms with Crippen LogP contribution in [0.15, 0.2) is 41.3 Å². The number of aromatic nitrogens is 2. The van der Waals surface area contributed by atoms with Crippen molar-refractivity contribution in [2.24, 2.45) is 0 Å². The van der Waals surface area contributed by atoms with Gasteiger partial charge in [0, 0.05) is 18.3 Å². The Morgan fingerprint density at radius 3 is 2.94 bits per heavy atom. The fraction of sp³-hybridized carbons (Fsp3) is 0.167. The molecule has 1 heterocycles. The highest BCUT2D eigenvalue weighted by molar-refractivity contribution is 9.10. The SMILES string of the molecule is CNCc1ccccc1Oc1ncncc1Br. The molecule has 5 heteroatoms. The Bertz CT molecular complexity index is 505. The number of halogens is 1. The molecule has 2 rings (SSSR count). The summed E-state index contributed by atoms with van der Waals surface area (Å²) in [5, 5.41) is 3.10. The number of ether oxygens (including phenoxy) is 1. The van der Waals surface area contributed by atoms with Crippen molar-refractivity contribution in [2.75, 3.05) is 7.05 Å². The molecule has 4 nitrogen and oxygen atoms in total. The summed E-state index contributed by atoms with van der Waals surface area (Å²) in [4.78, 5) is 7.97. The number of hydrogen-bond donors (Lipinski definition) is 1. The van der Waals surface area contributed by atoms with E-state index in [1.165, 1.54) is 6.33 Å². The number of para-hydroxylation sites is 1. The summed E-state index contributed by atoms with van der Waals surface area (Å²) in [6.45, 7) is 0.749. The minimum Gasteiger partial charge on any atom is -0.437 e. The molecule has 0 spiro atoms. The van der Waals surface area contributed by atoms with E-state index in [1.54, 1.807) is 6.20 Å². The van der Waals surface area contributed by atoms with Crippen molar-refractivity contribution < 1.29 is 4.74 Å². The Morgan fingerprint density at radius 1 is 1.35 bits per heavy atom. The van der Waals surface area contributed by atoms with E-state index in [1.807, 2.05) is 31.3 Å². The molecule has 1 N–H and O–H groups in total. The van der Waals surface area contributed by atoms with E-state index in [4.69, 9.17) is 4.74 Å². The third-order valence-corrected chi connectivity index (χ3v) is 2.72. The van der Waals surface area contributed by atoms with Crippen LogP contribution in [0.2, 0.25) is 0 Å². The summed E-state index contributed by atoms with van der Waals surface area (Å²) >= 11 is 3.35. The van der Waals surface area contributed by atoms with Gasteiger partial charge in [-0.3, -0.25) is 0 Å². The largest absolute Gasteiger partial charge is 0.437 e. The lowest BCUT2D eigenvalue weighted by molar-refractivity contribution is 0.451. The van der Waals surface area contributed by atoms with Crippen LogP contribution in [-0.2, 0) is 6.54 Å². The predicted molar refractivity (Wildman–Crippen MR) is 69.0 cm³/mol. The van der Waals surface area contributed by atoms with E-state index in [-0.39, 0.29) is 0 Å². The fourth-order valence-electron chi connectivity index (χ4n) is 1.42. The lowest BCUT2D eigenvalue weighted by Crippen LogP contribution is -2.06. The van der Waals surface area contributed by atoms with Gasteiger partial charge in [0.2, 0.25) is 5.88 Å². The summed E-state index contributed by atoms with van der Waals surface area (Å²) in [5.74, 6) is 1.31. The molecule has 0 bridgehead atoms. The standard InChI is InChI=1S/C12H12BrN3O/c1-14-6-9-4-2-3-5-11(9)17-12-10(13)7-15-8-16-12/h2-5,7-8,14H,6H2,1H3. The van der Waals surface area contributed by atoms with Crippen LogP contribution >= 0.6 is 15.9 Å². The Balaban J connectivity index is 2.27. The van der Waals surface area contributed by atoms with Crippen molar-refractivity contribution in [3.63, 3.8) is 0 Å². The van der Waals surface area contributed by atoms with Crippen LogP contribution in [-0.4, -0.2) is 17.0 Å². The van der Waals surface area contributed by atoms with Gasteiger partial charge in [-0.15, -0.1) is 0 Å². The van der Waals surface area contributed by atoms with Crippen LogP contribution in [0, 0.1) is 0 Å². The second-order valence-electron chi connectivity index (χ2n) is 3.42. The summed E-state index contributed by atoms with van der Waals surface area (Å²) in [6.07, 6.45) is 3.11. The number of rotatable bonds is 4. The van der Waals surface area contributed by atoms with Gasteiger partial charge >= 0.3 is 0 Å². The molecule has 0 amide bonds. The van der Waals surface area contributed by atoms with Gasteiger partial charge in [-0.1, -0.05) is 18.2 Å². The van der Waals surface area contributed by atoms with E-state index in [2.05, 4.69) is 31.2 Å². The maximum Gasteiger partial charge on any atom is 0.236 e. The number of hydrogen-bond acceptors (Lipinski definition) is 4. The molecule has 0 atom stereocenters. The van der Waals surface area contributed by atoms with E-state index in [0.29, 0.717) is 5.88 Å². The Morgan fingerprint density at radius 2 is 2.18 bits per heavy atom. The van der Waals surface area contributed by atoms with E-state index in [9.17, 15) is 0 Å². The molecule has 88 valence electrons. The van der Waals surface area contributed by atoms with Crippen LogP contribution in [0.1, 0.15) is 5.56 Å². The first-order chi connectivity index (χ1) is 8.31. The van der Waals surface area contributed by atoms with Crippen LogP contribution in [0.5, 0.6) is 11.6 Å². The molecule has 2 aromatic rings. The molecule has 0 saturated heterocycles. The van der Waals surface area contributed by atoms with Crippen molar-refractivity contribution in [3.05, 3.63) is 46.8 Å². The fourth-order valence-corrected chi connectivity index (χ4v) is 1.72. The van der Waals surface area contributed by atoms with Crippen molar-refractivity contribution >= 4 is 15.9 Å². The third kappa shape index (κ3) is 3.01. The zero-order valence-corrected chi connectivity index (χ0v) is 10.9. The van der Waals surface area contributed by atoms with Gasteiger partial charge in [-0.25, -0.2) is 9.97 Å². The molecule has 0 aliphatic rings. The molecule has 0 fully saturated rings. The number of benzene rings is 1. The third-order valence-electron chi connectivity index (χ3n) is 2.18. The number of nitrogens with zero attached hydrogens (tertiary/aromatic N) is 2. The highest BCUT2D eigenvalue weighted by Crippen LogP contribution is 2.28. The molecule has 1 aromatic heterocycles. The van der Waals surface area contributed by atoms with Crippen molar-refractivity contribution in [3.8, 4) is 11.6 Å². The number of nitrogens with one attached hydrogen (secondary N) is 1. The average Bonchev–Trinajstić information content (AvgIpc) is 2.35. The highest BCUT2D eigenvalue weighted by Gasteiger charge is 2.07. The zero-order chi connectivity index (χ0) is 12.1. The lowest BCUT2D eigenvalue weighted by atomic mass is 10.2. The van der Waals surface area contributed by atoms with Gasteiger partial charge in [0.05, 0.1) is 4.47 Å². The minimum absolute atomic E-state index is 0.517. The first-order valence-electron chi connectivity index (χ1n) is 5.17. The molecule has 0 saturated carbocycles. The normalized spacial score (nSPS) is 10.2. The molecule has 1 aromatic carbocycles. The summed E-state index contributed by atoms with van der Waals surface area (Å²) < 4.78 is 6.49. The van der Waals surface area contributed by atoms with E-state index in [0.717, 1.165) is 22.3 Å². The molecular formula is C12H12BrN3O. The van der Waals surface area contributed by atoms with E-state index >= 15 is 0 Å². The Labute approximate surface area is 108 Å². The maximum atomic E-state index is 5.75. The van der Waals surface area contributed by atoms with Gasteiger partial charge in [0.1, 0.15) is 12.1 Å². The monoisotopic (exact) mass is 293 g/mol. The molecule has 0 aliphatic carbocycles. The van der Waals surface area contributed by atoms with Crippen molar-refractivity contribution in [1.82, 2.24) is 15.3 Å². The highest BCUT2D eigenvalue weighted by atomic mass is 79.9. The van der Waals surface area contributed by atoms with Crippen LogP contribution < -0.4 is 10.1 Å². The quantitative estimate of drug-likeness (QED) is 0.942. The summed E-state index contributed by atoms with van der Waals surface area (Å²) in [6, 6.07) is 7.85. The predicted octanol–water partition coefficient (Wildman–Crippen LogP) is 2.75. The van der Waals surface area contributed by atoms with Crippen LogP contribution in [0.25, 0.3) is 0 Å². The zero-order valence-electron chi connectivity index (χ0n) is 9.35. The minimum atomic E-state index is 0.517. The first kappa shape index (κ1) is 12.0. The maximum absolute atomic E-state index is 5.75. The average molecular weight is 294 g/mol. The van der Waals surface area contributed by atoms with E-state index < -0.39 is 0 Å². The molecule has 17 heavy (non-hydrogen) atoms. The second kappa shape index (κ2) is 5.75. The molecule has 0 unspecified atom stereocenters. The van der Waals surface area contributed by atoms with Gasteiger partial charge in [0.25, 0.3) is 0 Å². The lowest BCUT2D eigenvalue weighted by Gasteiger charge is -2.10.